The molecule has 3 atom stereocenters. The highest BCUT2D eigenvalue weighted by atomic mass is 16.5. The normalized spacial score (nSPS) is 31.8. The zero-order valence-corrected chi connectivity index (χ0v) is 12.1. The second-order valence-corrected chi connectivity index (χ2v) is 6.15. The van der Waals surface area contributed by atoms with Crippen molar-refractivity contribution in [2.24, 2.45) is 5.92 Å². The Morgan fingerprint density at radius 1 is 1.11 bits per heavy atom. The maximum absolute atomic E-state index is 5.37. The van der Waals surface area contributed by atoms with E-state index >= 15 is 0 Å². The lowest BCUT2D eigenvalue weighted by molar-refractivity contribution is 0.0363. The van der Waals surface area contributed by atoms with Gasteiger partial charge in [-0.05, 0) is 56.3 Å². The molecular formula is C17H25NO. The fourth-order valence-electron chi connectivity index (χ4n) is 4.12. The molecule has 0 unspecified atom stereocenters. The first-order valence-corrected chi connectivity index (χ1v) is 7.65. The van der Waals surface area contributed by atoms with Crippen molar-refractivity contribution < 1.29 is 4.74 Å². The van der Waals surface area contributed by atoms with Crippen molar-refractivity contribution in [1.82, 2.24) is 4.90 Å². The summed E-state index contributed by atoms with van der Waals surface area (Å²) in [6, 6.07) is 10.0. The van der Waals surface area contributed by atoms with Crippen LogP contribution in [0, 0.1) is 5.92 Å². The highest BCUT2D eigenvalue weighted by Gasteiger charge is 2.36. The van der Waals surface area contributed by atoms with Crippen LogP contribution in [0.3, 0.4) is 0 Å². The van der Waals surface area contributed by atoms with Crippen LogP contribution in [0.4, 0.5) is 0 Å². The molecule has 1 saturated carbocycles. The van der Waals surface area contributed by atoms with Crippen LogP contribution in [0.5, 0.6) is 5.75 Å². The molecule has 104 valence electrons. The summed E-state index contributed by atoms with van der Waals surface area (Å²) in [7, 11) is 4.08. The largest absolute Gasteiger partial charge is 0.497 e. The molecule has 0 aromatic heterocycles. The minimum atomic E-state index is 0.578. The third kappa shape index (κ3) is 2.51. The Morgan fingerprint density at radius 3 is 2.79 bits per heavy atom. The molecule has 1 heterocycles. The summed E-state index contributed by atoms with van der Waals surface area (Å²) in [5.41, 5.74) is 1.42. The Bertz CT molecular complexity index is 431. The van der Waals surface area contributed by atoms with Gasteiger partial charge in [0.2, 0.25) is 0 Å². The first-order chi connectivity index (χ1) is 9.29. The lowest BCUT2D eigenvalue weighted by Gasteiger charge is -2.47. The van der Waals surface area contributed by atoms with Crippen LogP contribution in [0.15, 0.2) is 24.3 Å². The number of nitrogens with zero attached hydrogens (tertiary/aromatic N) is 1. The van der Waals surface area contributed by atoms with Crippen LogP contribution in [-0.4, -0.2) is 25.1 Å². The van der Waals surface area contributed by atoms with Crippen LogP contribution in [0.1, 0.15) is 50.1 Å². The number of piperidine rings is 1. The fraction of sp³-hybridized carbons (Fsp3) is 0.647. The van der Waals surface area contributed by atoms with Crippen LogP contribution in [0.25, 0.3) is 0 Å². The molecule has 0 spiro atoms. The number of hydrogen-bond acceptors (Lipinski definition) is 2. The van der Waals surface area contributed by atoms with E-state index in [2.05, 4.69) is 30.1 Å². The number of benzene rings is 1. The molecule has 0 bridgehead atoms. The van der Waals surface area contributed by atoms with Gasteiger partial charge in [-0.15, -0.1) is 0 Å². The number of hydrogen-bond donors (Lipinski definition) is 0. The molecular weight excluding hydrogens is 234 g/mol. The van der Waals surface area contributed by atoms with Gasteiger partial charge in [0.25, 0.3) is 0 Å². The molecule has 0 N–H and O–H groups in total. The van der Waals surface area contributed by atoms with Crippen LogP contribution in [0.2, 0.25) is 0 Å². The smallest absolute Gasteiger partial charge is 0.119 e. The topological polar surface area (TPSA) is 12.5 Å². The standard InChI is InChI=1S/C17H25NO/c1-18-16-9-4-3-6-13(16)10-11-17(18)14-7-5-8-15(12-14)19-2/h5,7-8,12-13,16-17H,3-4,6,9-11H2,1-2H3/t13-,16+,17-/m1/s1. The molecule has 2 nitrogen and oxygen atoms in total. The number of likely N-dealkylation sites (tertiary alicyclic amines) is 1. The third-order valence-corrected chi connectivity index (χ3v) is 5.17. The average Bonchev–Trinajstić information content (AvgIpc) is 2.48. The lowest BCUT2D eigenvalue weighted by Crippen LogP contribution is -2.46. The summed E-state index contributed by atoms with van der Waals surface area (Å²) < 4.78 is 5.37. The second-order valence-electron chi connectivity index (χ2n) is 6.15. The first-order valence-electron chi connectivity index (χ1n) is 7.65. The SMILES string of the molecule is COc1cccc([C@H]2CC[C@H]3CCCC[C@@H]3N2C)c1. The second kappa shape index (κ2) is 5.54. The Morgan fingerprint density at radius 2 is 1.95 bits per heavy atom. The Balaban J connectivity index is 1.80. The molecule has 1 aliphatic carbocycles. The third-order valence-electron chi connectivity index (χ3n) is 5.17. The van der Waals surface area contributed by atoms with E-state index in [-0.39, 0.29) is 0 Å². The van der Waals surface area contributed by atoms with Gasteiger partial charge in [0.05, 0.1) is 7.11 Å². The van der Waals surface area contributed by atoms with E-state index in [9.17, 15) is 0 Å². The van der Waals surface area contributed by atoms with Gasteiger partial charge in [-0.25, -0.2) is 0 Å². The monoisotopic (exact) mass is 259 g/mol. The Kier molecular flexibility index (Phi) is 3.79. The maximum Gasteiger partial charge on any atom is 0.119 e. The van der Waals surface area contributed by atoms with Crippen molar-refractivity contribution in [1.29, 1.82) is 0 Å². The van der Waals surface area contributed by atoms with Gasteiger partial charge in [-0.3, -0.25) is 4.90 Å². The Hall–Kier alpha value is -1.02. The molecule has 2 heteroatoms. The number of fused-ring (bicyclic) bond motifs is 1. The summed E-state index contributed by atoms with van der Waals surface area (Å²) >= 11 is 0. The molecule has 1 aromatic rings. The summed E-state index contributed by atoms with van der Waals surface area (Å²) in [6.07, 6.45) is 8.39. The molecule has 2 fully saturated rings. The lowest BCUT2D eigenvalue weighted by atomic mass is 9.75. The molecule has 1 aliphatic heterocycles. The molecule has 0 amide bonds. The van der Waals surface area contributed by atoms with E-state index in [4.69, 9.17) is 4.74 Å². The van der Waals surface area contributed by atoms with E-state index in [1.54, 1.807) is 7.11 Å². The molecule has 19 heavy (non-hydrogen) atoms. The Labute approximate surface area is 116 Å². The van der Waals surface area contributed by atoms with Crippen LogP contribution >= 0.6 is 0 Å². The number of ether oxygens (including phenoxy) is 1. The maximum atomic E-state index is 5.37. The zero-order valence-electron chi connectivity index (χ0n) is 12.1. The van der Waals surface area contributed by atoms with Crippen molar-refractivity contribution in [2.75, 3.05) is 14.2 Å². The predicted molar refractivity (Wildman–Crippen MR) is 78.5 cm³/mol. The van der Waals surface area contributed by atoms with E-state index in [0.717, 1.165) is 17.7 Å². The fourth-order valence-corrected chi connectivity index (χ4v) is 4.12. The van der Waals surface area contributed by atoms with Gasteiger partial charge < -0.3 is 4.74 Å². The zero-order chi connectivity index (χ0) is 13.2. The van der Waals surface area contributed by atoms with Crippen molar-refractivity contribution in [3.63, 3.8) is 0 Å². The van der Waals surface area contributed by atoms with Crippen molar-refractivity contribution >= 4 is 0 Å². The van der Waals surface area contributed by atoms with Gasteiger partial charge in [0.1, 0.15) is 5.75 Å². The average molecular weight is 259 g/mol. The molecule has 2 aliphatic rings. The van der Waals surface area contributed by atoms with Crippen LogP contribution in [-0.2, 0) is 0 Å². The highest BCUT2D eigenvalue weighted by Crippen LogP contribution is 2.42. The summed E-state index contributed by atoms with van der Waals surface area (Å²) in [5.74, 6) is 1.93. The quantitative estimate of drug-likeness (QED) is 0.795. The van der Waals surface area contributed by atoms with Crippen molar-refractivity contribution in [3.8, 4) is 5.75 Å². The molecule has 1 saturated heterocycles. The molecule has 1 aromatic carbocycles. The van der Waals surface area contributed by atoms with E-state index in [0.29, 0.717) is 6.04 Å². The van der Waals surface area contributed by atoms with Crippen molar-refractivity contribution in [2.45, 2.75) is 50.6 Å². The minimum Gasteiger partial charge on any atom is -0.497 e. The number of methoxy groups -OCH3 is 1. The minimum absolute atomic E-state index is 0.578. The van der Waals surface area contributed by atoms with E-state index in [1.165, 1.54) is 44.1 Å². The van der Waals surface area contributed by atoms with Crippen molar-refractivity contribution in [3.05, 3.63) is 29.8 Å². The summed E-state index contributed by atoms with van der Waals surface area (Å²) in [6.45, 7) is 0. The molecule has 3 rings (SSSR count). The van der Waals surface area contributed by atoms with Gasteiger partial charge in [-0.2, -0.15) is 0 Å². The number of rotatable bonds is 2. The van der Waals surface area contributed by atoms with E-state index in [1.807, 2.05) is 6.07 Å². The van der Waals surface area contributed by atoms with Crippen LogP contribution < -0.4 is 4.74 Å². The molecule has 0 radical (unpaired) electrons. The van der Waals surface area contributed by atoms with E-state index < -0.39 is 0 Å². The van der Waals surface area contributed by atoms with Gasteiger partial charge in [0, 0.05) is 12.1 Å². The van der Waals surface area contributed by atoms with Gasteiger partial charge in [0.15, 0.2) is 0 Å². The van der Waals surface area contributed by atoms with Gasteiger partial charge in [-0.1, -0.05) is 25.0 Å². The summed E-state index contributed by atoms with van der Waals surface area (Å²) in [4.78, 5) is 2.64. The highest BCUT2D eigenvalue weighted by molar-refractivity contribution is 5.31. The first kappa shape index (κ1) is 13.0. The summed E-state index contributed by atoms with van der Waals surface area (Å²) in [5, 5.41) is 0. The van der Waals surface area contributed by atoms with Gasteiger partial charge >= 0.3 is 0 Å². The predicted octanol–water partition coefficient (Wildman–Crippen LogP) is 4.02.